The van der Waals surface area contributed by atoms with Crippen molar-refractivity contribution >= 4 is 47.1 Å². The summed E-state index contributed by atoms with van der Waals surface area (Å²) >= 11 is 14.0. The first-order chi connectivity index (χ1) is 13.9. The largest absolute Gasteiger partial charge is 0.316 e. The Kier molecular flexibility index (Phi) is 7.06. The lowest BCUT2D eigenvalue weighted by Gasteiger charge is -2.12. The Morgan fingerprint density at radius 3 is 2.59 bits per heavy atom. The van der Waals surface area contributed by atoms with Gasteiger partial charge in [-0.1, -0.05) is 47.5 Å². The predicted molar refractivity (Wildman–Crippen MR) is 123 cm³/mol. The molecule has 3 rings (SSSR count). The van der Waals surface area contributed by atoms with Crippen LogP contribution in [0, 0.1) is 13.8 Å². The summed E-state index contributed by atoms with van der Waals surface area (Å²) in [5.74, 6) is -0.151. The molecule has 1 aromatic heterocycles. The average molecular weight is 446 g/mol. The Morgan fingerprint density at radius 2 is 1.86 bits per heavy atom. The summed E-state index contributed by atoms with van der Waals surface area (Å²) in [5.41, 5.74) is 6.27. The Hall–Kier alpha value is -2.21. The lowest BCUT2D eigenvalue weighted by molar-refractivity contribution is -0.120. The van der Waals surface area contributed by atoms with E-state index < -0.39 is 0 Å². The van der Waals surface area contributed by atoms with Gasteiger partial charge in [0, 0.05) is 21.8 Å². The molecule has 0 saturated heterocycles. The second-order valence-corrected chi connectivity index (χ2v) is 8.74. The molecule has 150 valence electrons. The SMILES string of the molecule is Cc1cc(/C=N\NC(=O)[C@@H](C)Sc2ccccc2)c(C)n1-c1cccc(Cl)c1Cl. The maximum absolute atomic E-state index is 12.3. The van der Waals surface area contributed by atoms with Gasteiger partial charge in [0.2, 0.25) is 0 Å². The van der Waals surface area contributed by atoms with E-state index in [0.717, 1.165) is 27.5 Å². The first kappa shape index (κ1) is 21.5. The molecule has 0 unspecified atom stereocenters. The normalized spacial score (nSPS) is 12.3. The smallest absolute Gasteiger partial charge is 0.253 e. The summed E-state index contributed by atoms with van der Waals surface area (Å²) in [6.07, 6.45) is 1.65. The van der Waals surface area contributed by atoms with Gasteiger partial charge in [0.25, 0.3) is 5.91 Å². The van der Waals surface area contributed by atoms with Crippen molar-refractivity contribution in [3.63, 3.8) is 0 Å². The van der Waals surface area contributed by atoms with E-state index in [-0.39, 0.29) is 11.2 Å². The molecule has 7 heteroatoms. The van der Waals surface area contributed by atoms with Crippen LogP contribution in [-0.4, -0.2) is 21.9 Å². The summed E-state index contributed by atoms with van der Waals surface area (Å²) in [7, 11) is 0. The zero-order valence-corrected chi connectivity index (χ0v) is 18.6. The van der Waals surface area contributed by atoms with Gasteiger partial charge in [-0.05, 0) is 51.1 Å². The molecule has 0 spiro atoms. The fourth-order valence-corrected chi connectivity index (χ4v) is 4.23. The maximum atomic E-state index is 12.3. The Bertz CT molecular complexity index is 1050. The lowest BCUT2D eigenvalue weighted by Crippen LogP contribution is -2.26. The number of benzene rings is 2. The van der Waals surface area contributed by atoms with Crippen LogP contribution in [0.1, 0.15) is 23.9 Å². The number of hydrazone groups is 1. The minimum atomic E-state index is -0.257. The van der Waals surface area contributed by atoms with Crippen LogP contribution >= 0.6 is 35.0 Å². The highest BCUT2D eigenvalue weighted by Gasteiger charge is 2.15. The number of nitrogens with zero attached hydrogens (tertiary/aromatic N) is 2. The predicted octanol–water partition coefficient (Wildman–Crippen LogP) is 6.03. The lowest BCUT2D eigenvalue weighted by atomic mass is 10.2. The van der Waals surface area contributed by atoms with Crippen molar-refractivity contribution in [2.75, 3.05) is 0 Å². The van der Waals surface area contributed by atoms with Gasteiger partial charge in [-0.25, -0.2) is 5.43 Å². The molecule has 1 atom stereocenters. The van der Waals surface area contributed by atoms with Gasteiger partial charge in [0.05, 0.1) is 27.2 Å². The number of thioether (sulfide) groups is 1. The molecule has 0 radical (unpaired) electrons. The molecule has 0 aliphatic heterocycles. The van der Waals surface area contributed by atoms with E-state index in [4.69, 9.17) is 23.2 Å². The summed E-state index contributed by atoms with van der Waals surface area (Å²) in [5, 5.41) is 4.89. The van der Waals surface area contributed by atoms with Crippen molar-refractivity contribution in [2.24, 2.45) is 5.10 Å². The van der Waals surface area contributed by atoms with E-state index in [9.17, 15) is 4.79 Å². The molecular formula is C22H21Cl2N3OS. The zero-order chi connectivity index (χ0) is 21.0. The Morgan fingerprint density at radius 1 is 1.14 bits per heavy atom. The van der Waals surface area contributed by atoms with Crippen LogP contribution in [0.5, 0.6) is 0 Å². The number of rotatable bonds is 6. The number of hydrogen-bond donors (Lipinski definition) is 1. The molecule has 0 aliphatic carbocycles. The number of aromatic nitrogens is 1. The molecule has 3 aromatic rings. The minimum Gasteiger partial charge on any atom is -0.316 e. The molecule has 0 bridgehead atoms. The number of aryl methyl sites for hydroxylation is 1. The first-order valence-corrected chi connectivity index (χ1v) is 10.7. The number of nitrogens with one attached hydrogen (secondary N) is 1. The summed E-state index contributed by atoms with van der Waals surface area (Å²) < 4.78 is 2.02. The molecule has 1 heterocycles. The van der Waals surface area contributed by atoms with Crippen LogP contribution in [0.4, 0.5) is 0 Å². The Labute approximate surface area is 184 Å². The van der Waals surface area contributed by atoms with E-state index in [1.807, 2.05) is 73.9 Å². The van der Waals surface area contributed by atoms with Crippen molar-refractivity contribution < 1.29 is 4.79 Å². The molecule has 0 saturated carbocycles. The van der Waals surface area contributed by atoms with Gasteiger partial charge in [0.15, 0.2) is 0 Å². The van der Waals surface area contributed by atoms with Crippen LogP contribution in [0.15, 0.2) is 64.6 Å². The van der Waals surface area contributed by atoms with Crippen molar-refractivity contribution in [3.8, 4) is 5.69 Å². The molecule has 1 N–H and O–H groups in total. The molecule has 29 heavy (non-hydrogen) atoms. The molecule has 0 aliphatic rings. The van der Waals surface area contributed by atoms with E-state index >= 15 is 0 Å². The highest BCUT2D eigenvalue weighted by Crippen LogP contribution is 2.31. The molecule has 2 aromatic carbocycles. The number of hydrogen-bond acceptors (Lipinski definition) is 3. The van der Waals surface area contributed by atoms with Crippen LogP contribution in [-0.2, 0) is 4.79 Å². The number of halogens is 2. The van der Waals surface area contributed by atoms with Crippen LogP contribution < -0.4 is 5.43 Å². The standard InChI is InChI=1S/C22H21Cl2N3OS/c1-14-12-17(15(2)27(14)20-11-7-10-19(23)21(20)24)13-25-26-22(28)16(3)29-18-8-5-4-6-9-18/h4-13,16H,1-3H3,(H,26,28)/b25-13-/t16-/m1/s1. The van der Waals surface area contributed by atoms with Crippen LogP contribution in [0.3, 0.4) is 0 Å². The highest BCUT2D eigenvalue weighted by atomic mass is 35.5. The topological polar surface area (TPSA) is 46.4 Å². The van der Waals surface area contributed by atoms with Gasteiger partial charge in [-0.2, -0.15) is 5.10 Å². The van der Waals surface area contributed by atoms with Crippen LogP contribution in [0.25, 0.3) is 5.69 Å². The van der Waals surface area contributed by atoms with Crippen LogP contribution in [0.2, 0.25) is 10.0 Å². The number of carbonyl (C=O) groups excluding carboxylic acids is 1. The summed E-state index contributed by atoms with van der Waals surface area (Å²) in [6, 6.07) is 17.3. The number of amides is 1. The molecular weight excluding hydrogens is 425 g/mol. The van der Waals surface area contributed by atoms with E-state index in [1.54, 1.807) is 12.3 Å². The van der Waals surface area contributed by atoms with E-state index in [0.29, 0.717) is 10.0 Å². The summed E-state index contributed by atoms with van der Waals surface area (Å²) in [6.45, 7) is 5.82. The fourth-order valence-electron chi connectivity index (χ4n) is 2.97. The maximum Gasteiger partial charge on any atom is 0.253 e. The van der Waals surface area contributed by atoms with Crippen molar-refractivity contribution in [1.82, 2.24) is 9.99 Å². The minimum absolute atomic E-state index is 0.151. The second kappa shape index (κ2) is 9.53. The van der Waals surface area contributed by atoms with Gasteiger partial charge >= 0.3 is 0 Å². The van der Waals surface area contributed by atoms with Crippen molar-refractivity contribution in [1.29, 1.82) is 0 Å². The molecule has 1 amide bonds. The van der Waals surface area contributed by atoms with Crippen molar-refractivity contribution in [2.45, 2.75) is 30.9 Å². The Balaban J connectivity index is 1.71. The third kappa shape index (κ3) is 5.04. The van der Waals surface area contributed by atoms with Gasteiger partial charge < -0.3 is 4.57 Å². The third-order valence-corrected chi connectivity index (χ3v) is 6.37. The van der Waals surface area contributed by atoms with Gasteiger partial charge in [-0.15, -0.1) is 11.8 Å². The quantitative estimate of drug-likeness (QED) is 0.285. The third-order valence-electron chi connectivity index (χ3n) is 4.45. The van der Waals surface area contributed by atoms with E-state index in [2.05, 4.69) is 10.5 Å². The monoisotopic (exact) mass is 445 g/mol. The summed E-state index contributed by atoms with van der Waals surface area (Å²) in [4.78, 5) is 13.4. The van der Waals surface area contributed by atoms with Crippen molar-refractivity contribution in [3.05, 3.63) is 81.6 Å². The molecule has 4 nitrogen and oxygen atoms in total. The zero-order valence-electron chi connectivity index (χ0n) is 16.3. The number of carbonyl (C=O) groups is 1. The molecule has 0 fully saturated rings. The van der Waals surface area contributed by atoms with E-state index in [1.165, 1.54) is 11.8 Å². The average Bonchev–Trinajstić information content (AvgIpc) is 2.98. The fraction of sp³-hybridized carbons (Fsp3) is 0.182. The first-order valence-electron chi connectivity index (χ1n) is 9.06. The van der Waals surface area contributed by atoms with Gasteiger partial charge in [0.1, 0.15) is 0 Å². The van der Waals surface area contributed by atoms with Gasteiger partial charge in [-0.3, -0.25) is 4.79 Å². The second-order valence-electron chi connectivity index (χ2n) is 6.54. The highest BCUT2D eigenvalue weighted by molar-refractivity contribution is 8.00.